The standard InChI is InChI=1S/C16H13Cl2NO/c17-11-4-3-5-12(10-11)19-15(20)16(8-9-16)13-6-1-2-7-14(13)18/h1-7,10H,8-9H2,(H,19,20). The van der Waals surface area contributed by atoms with Crippen molar-refractivity contribution in [3.05, 3.63) is 64.1 Å². The average Bonchev–Trinajstić information content (AvgIpc) is 3.21. The molecule has 1 saturated carbocycles. The summed E-state index contributed by atoms with van der Waals surface area (Å²) in [5.41, 5.74) is 1.13. The minimum absolute atomic E-state index is 0.0205. The van der Waals surface area contributed by atoms with E-state index in [-0.39, 0.29) is 5.91 Å². The Hall–Kier alpha value is -1.51. The average molecular weight is 306 g/mol. The molecule has 2 nitrogen and oxygen atoms in total. The van der Waals surface area contributed by atoms with Crippen LogP contribution in [0.25, 0.3) is 0 Å². The van der Waals surface area contributed by atoms with Gasteiger partial charge in [0.25, 0.3) is 0 Å². The second kappa shape index (κ2) is 5.12. The van der Waals surface area contributed by atoms with Gasteiger partial charge in [-0.1, -0.05) is 47.5 Å². The highest BCUT2D eigenvalue weighted by Crippen LogP contribution is 2.51. The van der Waals surface area contributed by atoms with E-state index < -0.39 is 5.41 Å². The van der Waals surface area contributed by atoms with E-state index in [9.17, 15) is 4.79 Å². The van der Waals surface area contributed by atoms with Gasteiger partial charge in [-0.15, -0.1) is 0 Å². The van der Waals surface area contributed by atoms with Crippen molar-refractivity contribution in [1.82, 2.24) is 0 Å². The number of carbonyl (C=O) groups excluding carboxylic acids is 1. The van der Waals surface area contributed by atoms with Crippen molar-refractivity contribution >= 4 is 34.8 Å². The lowest BCUT2D eigenvalue weighted by Crippen LogP contribution is -2.28. The molecule has 0 unspecified atom stereocenters. The lowest BCUT2D eigenvalue weighted by atomic mass is 9.95. The van der Waals surface area contributed by atoms with Crippen molar-refractivity contribution in [3.8, 4) is 0 Å². The molecule has 4 heteroatoms. The third-order valence-corrected chi connectivity index (χ3v) is 4.22. The summed E-state index contributed by atoms with van der Waals surface area (Å²) in [6.07, 6.45) is 1.65. The molecule has 3 rings (SSSR count). The highest BCUT2D eigenvalue weighted by atomic mass is 35.5. The number of rotatable bonds is 3. The molecule has 0 heterocycles. The third kappa shape index (κ3) is 2.41. The molecule has 0 aliphatic heterocycles. The normalized spacial score (nSPS) is 15.7. The fourth-order valence-corrected chi connectivity index (χ4v) is 2.92. The maximum Gasteiger partial charge on any atom is 0.235 e. The molecular formula is C16H13Cl2NO. The van der Waals surface area contributed by atoms with Crippen molar-refractivity contribution < 1.29 is 4.79 Å². The quantitative estimate of drug-likeness (QED) is 0.877. The number of hydrogen-bond donors (Lipinski definition) is 1. The van der Waals surface area contributed by atoms with Crippen LogP contribution in [0.1, 0.15) is 18.4 Å². The van der Waals surface area contributed by atoms with Crippen molar-refractivity contribution in [2.75, 3.05) is 5.32 Å². The number of nitrogens with one attached hydrogen (secondary N) is 1. The third-order valence-electron chi connectivity index (χ3n) is 3.66. The zero-order valence-corrected chi connectivity index (χ0v) is 12.2. The first-order valence-corrected chi connectivity index (χ1v) is 7.19. The molecule has 0 radical (unpaired) electrons. The Morgan fingerprint density at radius 1 is 1.05 bits per heavy atom. The predicted molar refractivity (Wildman–Crippen MR) is 82.4 cm³/mol. The minimum atomic E-state index is -0.485. The van der Waals surface area contributed by atoms with Gasteiger partial charge in [0.15, 0.2) is 0 Å². The molecule has 20 heavy (non-hydrogen) atoms. The van der Waals surface area contributed by atoms with Gasteiger partial charge in [-0.3, -0.25) is 4.79 Å². The van der Waals surface area contributed by atoms with E-state index in [0.717, 1.165) is 18.4 Å². The predicted octanol–water partition coefficient (Wildman–Crippen LogP) is 4.66. The highest BCUT2D eigenvalue weighted by molar-refractivity contribution is 6.32. The second-order valence-corrected chi connectivity index (χ2v) is 5.87. The van der Waals surface area contributed by atoms with Crippen molar-refractivity contribution in [2.45, 2.75) is 18.3 Å². The Morgan fingerprint density at radius 2 is 1.80 bits per heavy atom. The van der Waals surface area contributed by atoms with Crippen molar-refractivity contribution in [2.24, 2.45) is 0 Å². The zero-order chi connectivity index (χ0) is 14.2. The van der Waals surface area contributed by atoms with Crippen LogP contribution in [0.3, 0.4) is 0 Å². The van der Waals surface area contributed by atoms with Gasteiger partial charge >= 0.3 is 0 Å². The van der Waals surface area contributed by atoms with Crippen LogP contribution in [-0.2, 0) is 10.2 Å². The molecule has 0 spiro atoms. The van der Waals surface area contributed by atoms with E-state index in [4.69, 9.17) is 23.2 Å². The Morgan fingerprint density at radius 3 is 2.45 bits per heavy atom. The van der Waals surface area contributed by atoms with Crippen LogP contribution in [-0.4, -0.2) is 5.91 Å². The summed E-state index contributed by atoms with van der Waals surface area (Å²) >= 11 is 12.1. The molecule has 2 aromatic rings. The second-order valence-electron chi connectivity index (χ2n) is 5.03. The molecule has 1 fully saturated rings. The molecule has 0 aromatic heterocycles. The summed E-state index contributed by atoms with van der Waals surface area (Å²) in [4.78, 5) is 12.5. The first kappa shape index (κ1) is 13.5. The summed E-state index contributed by atoms with van der Waals surface area (Å²) in [5, 5.41) is 4.18. The molecule has 2 aromatic carbocycles. The largest absolute Gasteiger partial charge is 0.325 e. The lowest BCUT2D eigenvalue weighted by molar-refractivity contribution is -0.118. The molecule has 1 aliphatic rings. The molecule has 0 atom stereocenters. The highest BCUT2D eigenvalue weighted by Gasteiger charge is 2.52. The summed E-state index contributed by atoms with van der Waals surface area (Å²) in [6.45, 7) is 0. The number of benzene rings is 2. The number of halogens is 2. The number of carbonyl (C=O) groups is 1. The Balaban J connectivity index is 1.86. The van der Waals surface area contributed by atoms with Gasteiger partial charge in [0.05, 0.1) is 5.41 Å². The fourth-order valence-electron chi connectivity index (χ4n) is 2.41. The maximum absolute atomic E-state index is 12.5. The van der Waals surface area contributed by atoms with Crippen LogP contribution in [0.5, 0.6) is 0 Å². The Kier molecular flexibility index (Phi) is 3.45. The van der Waals surface area contributed by atoms with Gasteiger partial charge in [0, 0.05) is 15.7 Å². The van der Waals surface area contributed by atoms with Crippen molar-refractivity contribution in [3.63, 3.8) is 0 Å². The van der Waals surface area contributed by atoms with Crippen LogP contribution in [0.15, 0.2) is 48.5 Å². The van der Waals surface area contributed by atoms with Gasteiger partial charge in [0.1, 0.15) is 0 Å². The van der Waals surface area contributed by atoms with Gasteiger partial charge in [-0.25, -0.2) is 0 Å². The topological polar surface area (TPSA) is 29.1 Å². The maximum atomic E-state index is 12.5. The Bertz CT molecular complexity index is 665. The van der Waals surface area contributed by atoms with E-state index in [2.05, 4.69) is 5.32 Å². The summed E-state index contributed by atoms with van der Waals surface area (Å²) in [5.74, 6) is -0.0205. The first-order valence-electron chi connectivity index (χ1n) is 6.44. The van der Waals surface area contributed by atoms with E-state index in [1.807, 2.05) is 36.4 Å². The van der Waals surface area contributed by atoms with Crippen LogP contribution in [0.2, 0.25) is 10.0 Å². The Labute approximate surface area is 127 Å². The van der Waals surface area contributed by atoms with Crippen LogP contribution < -0.4 is 5.32 Å². The van der Waals surface area contributed by atoms with Gasteiger partial charge in [-0.2, -0.15) is 0 Å². The fraction of sp³-hybridized carbons (Fsp3) is 0.188. The van der Waals surface area contributed by atoms with E-state index in [1.54, 1.807) is 12.1 Å². The van der Waals surface area contributed by atoms with E-state index >= 15 is 0 Å². The number of hydrogen-bond acceptors (Lipinski definition) is 1. The first-order chi connectivity index (χ1) is 9.62. The summed E-state index contributed by atoms with van der Waals surface area (Å²) < 4.78 is 0. The van der Waals surface area contributed by atoms with E-state index in [0.29, 0.717) is 15.7 Å². The molecule has 0 saturated heterocycles. The SMILES string of the molecule is O=C(Nc1cccc(Cl)c1)C1(c2ccccc2Cl)CC1. The van der Waals surface area contributed by atoms with Crippen LogP contribution in [0.4, 0.5) is 5.69 Å². The summed E-state index contributed by atoms with van der Waals surface area (Å²) in [7, 11) is 0. The monoisotopic (exact) mass is 305 g/mol. The van der Waals surface area contributed by atoms with Gasteiger partial charge < -0.3 is 5.32 Å². The van der Waals surface area contributed by atoms with Gasteiger partial charge in [-0.05, 0) is 42.7 Å². The zero-order valence-electron chi connectivity index (χ0n) is 10.7. The number of amides is 1. The molecule has 1 aliphatic carbocycles. The van der Waals surface area contributed by atoms with Gasteiger partial charge in [0.2, 0.25) is 5.91 Å². The summed E-state index contributed by atoms with van der Waals surface area (Å²) in [6, 6.07) is 14.7. The molecule has 0 bridgehead atoms. The number of anilines is 1. The lowest BCUT2D eigenvalue weighted by Gasteiger charge is -2.17. The van der Waals surface area contributed by atoms with Crippen molar-refractivity contribution in [1.29, 1.82) is 0 Å². The van der Waals surface area contributed by atoms with Crippen LogP contribution in [0, 0.1) is 0 Å². The minimum Gasteiger partial charge on any atom is -0.325 e. The molecule has 1 N–H and O–H groups in total. The van der Waals surface area contributed by atoms with E-state index in [1.165, 1.54) is 0 Å². The molecule has 1 amide bonds. The molecular weight excluding hydrogens is 293 g/mol. The van der Waals surface area contributed by atoms with Crippen LogP contribution >= 0.6 is 23.2 Å². The smallest absolute Gasteiger partial charge is 0.235 e. The molecule has 102 valence electrons.